The summed E-state index contributed by atoms with van der Waals surface area (Å²) in [6.45, 7) is 7.31. The van der Waals surface area contributed by atoms with Crippen LogP contribution < -0.4 is 10.2 Å². The Morgan fingerprint density at radius 2 is 1.74 bits per heavy atom. The molecule has 0 aliphatic heterocycles. The molecular weight excluding hydrogens is 364 g/mol. The van der Waals surface area contributed by atoms with Gasteiger partial charge in [0, 0.05) is 6.26 Å². The van der Waals surface area contributed by atoms with E-state index in [1.54, 1.807) is 26.0 Å². The molecule has 0 saturated carbocycles. The van der Waals surface area contributed by atoms with Crippen LogP contribution in [-0.4, -0.2) is 32.4 Å². The number of carbonyl (C=O) groups is 1. The van der Waals surface area contributed by atoms with Crippen molar-refractivity contribution in [2.75, 3.05) is 6.26 Å². The number of rotatable bonds is 6. The van der Waals surface area contributed by atoms with Crippen LogP contribution in [0.3, 0.4) is 0 Å². The Balaban J connectivity index is 2.03. The van der Waals surface area contributed by atoms with Crippen molar-refractivity contribution in [1.82, 2.24) is 5.43 Å². The number of sulfone groups is 1. The number of hydrogen-bond donors (Lipinski definition) is 1. The monoisotopic (exact) mass is 388 g/mol. The van der Waals surface area contributed by atoms with E-state index in [0.29, 0.717) is 17.0 Å². The molecule has 2 rings (SSSR count). The Hall–Kier alpha value is -2.67. The van der Waals surface area contributed by atoms with Crippen LogP contribution in [0.1, 0.15) is 30.5 Å². The van der Waals surface area contributed by atoms with Crippen molar-refractivity contribution in [2.24, 2.45) is 5.10 Å². The van der Waals surface area contributed by atoms with Gasteiger partial charge in [-0.2, -0.15) is 5.10 Å². The molecule has 1 N–H and O–H groups in total. The van der Waals surface area contributed by atoms with Gasteiger partial charge in [-0.3, -0.25) is 4.79 Å². The van der Waals surface area contributed by atoms with Gasteiger partial charge in [-0.05, 0) is 62.6 Å². The van der Waals surface area contributed by atoms with Crippen LogP contribution in [0.4, 0.5) is 0 Å². The molecule has 0 fully saturated rings. The molecule has 2 aromatic carbocycles. The summed E-state index contributed by atoms with van der Waals surface area (Å²) in [5, 5.41) is 4.08. The van der Waals surface area contributed by atoms with Gasteiger partial charge in [-0.1, -0.05) is 24.3 Å². The van der Waals surface area contributed by atoms with E-state index >= 15 is 0 Å². The highest BCUT2D eigenvalue weighted by Crippen LogP contribution is 2.21. The van der Waals surface area contributed by atoms with Gasteiger partial charge in [0.1, 0.15) is 5.75 Å². The van der Waals surface area contributed by atoms with Crippen LogP contribution in [0.25, 0.3) is 0 Å². The molecule has 0 unspecified atom stereocenters. The standard InChI is InChI=1S/C20H24N2O4S/c1-13-7-6-8-19(14(13)2)26-16(4)20(23)22-21-15(3)17-9-11-18(12-10-17)27(5,24)25/h6-12,16H,1-5H3,(H,22,23)/b21-15-/t16-/m1/s1. The molecular formula is C20H24N2O4S. The molecule has 1 atom stereocenters. The number of nitrogens with zero attached hydrogens (tertiary/aromatic N) is 1. The summed E-state index contributed by atoms with van der Waals surface area (Å²) in [5.41, 5.74) is 5.84. The minimum absolute atomic E-state index is 0.235. The van der Waals surface area contributed by atoms with Crippen molar-refractivity contribution < 1.29 is 17.9 Å². The summed E-state index contributed by atoms with van der Waals surface area (Å²) in [6, 6.07) is 12.0. The number of benzene rings is 2. The SMILES string of the molecule is C/C(=N/NC(=O)[C@@H](C)Oc1cccc(C)c1C)c1ccc(S(C)(=O)=O)cc1. The fraction of sp³-hybridized carbons (Fsp3) is 0.300. The second-order valence-corrected chi connectivity index (χ2v) is 8.44. The normalized spacial score (nSPS) is 13.1. The predicted molar refractivity (Wildman–Crippen MR) is 106 cm³/mol. The van der Waals surface area contributed by atoms with Crippen molar-refractivity contribution in [3.63, 3.8) is 0 Å². The molecule has 144 valence electrons. The molecule has 1 amide bonds. The summed E-state index contributed by atoms with van der Waals surface area (Å²) in [6.07, 6.45) is 0.440. The number of hydrogen-bond acceptors (Lipinski definition) is 5. The number of hydrazone groups is 1. The highest BCUT2D eigenvalue weighted by atomic mass is 32.2. The van der Waals surface area contributed by atoms with Gasteiger partial charge in [0.05, 0.1) is 10.6 Å². The fourth-order valence-corrected chi connectivity index (χ4v) is 2.96. The smallest absolute Gasteiger partial charge is 0.280 e. The first-order chi connectivity index (χ1) is 12.6. The van der Waals surface area contributed by atoms with Crippen molar-refractivity contribution in [1.29, 1.82) is 0 Å². The quantitative estimate of drug-likeness (QED) is 0.609. The molecule has 0 aliphatic rings. The van der Waals surface area contributed by atoms with E-state index in [9.17, 15) is 13.2 Å². The first kappa shape index (κ1) is 20.6. The second kappa shape index (κ2) is 8.35. The van der Waals surface area contributed by atoms with Gasteiger partial charge < -0.3 is 4.74 Å². The third kappa shape index (κ3) is 5.40. The van der Waals surface area contributed by atoms with Crippen LogP contribution in [0.15, 0.2) is 52.5 Å². The molecule has 0 radical (unpaired) electrons. The molecule has 2 aromatic rings. The first-order valence-electron chi connectivity index (χ1n) is 8.47. The Bertz CT molecular complexity index is 964. The Morgan fingerprint density at radius 3 is 2.33 bits per heavy atom. The van der Waals surface area contributed by atoms with Crippen LogP contribution in [-0.2, 0) is 14.6 Å². The number of amides is 1. The summed E-state index contributed by atoms with van der Waals surface area (Å²) in [5.74, 6) is 0.290. The first-order valence-corrected chi connectivity index (χ1v) is 10.4. The Kier molecular flexibility index (Phi) is 6.38. The largest absolute Gasteiger partial charge is 0.481 e. The maximum atomic E-state index is 12.2. The molecule has 0 aliphatic carbocycles. The van der Waals surface area contributed by atoms with Crippen molar-refractivity contribution in [2.45, 2.75) is 38.7 Å². The summed E-state index contributed by atoms with van der Waals surface area (Å²) in [7, 11) is -3.24. The van der Waals surface area contributed by atoms with Crippen LogP contribution in [0.2, 0.25) is 0 Å². The minimum atomic E-state index is -3.24. The lowest BCUT2D eigenvalue weighted by Gasteiger charge is -2.16. The van der Waals surface area contributed by atoms with Crippen LogP contribution in [0.5, 0.6) is 5.75 Å². The topological polar surface area (TPSA) is 84.8 Å². The number of ether oxygens (including phenoxy) is 1. The van der Waals surface area contributed by atoms with E-state index in [1.807, 2.05) is 32.0 Å². The van der Waals surface area contributed by atoms with Crippen molar-refractivity contribution in [3.8, 4) is 5.75 Å². The molecule has 0 heterocycles. The number of aryl methyl sites for hydroxylation is 1. The van der Waals surface area contributed by atoms with E-state index < -0.39 is 15.9 Å². The Morgan fingerprint density at radius 1 is 1.11 bits per heavy atom. The van der Waals surface area contributed by atoms with Gasteiger partial charge in [0.15, 0.2) is 15.9 Å². The zero-order valence-corrected chi connectivity index (χ0v) is 16.9. The molecule has 0 saturated heterocycles. The van der Waals surface area contributed by atoms with E-state index in [0.717, 1.165) is 17.4 Å². The van der Waals surface area contributed by atoms with E-state index in [4.69, 9.17) is 4.74 Å². The second-order valence-electron chi connectivity index (χ2n) is 6.43. The lowest BCUT2D eigenvalue weighted by Crippen LogP contribution is -2.34. The van der Waals surface area contributed by atoms with Gasteiger partial charge in [-0.25, -0.2) is 13.8 Å². The van der Waals surface area contributed by atoms with E-state index in [2.05, 4.69) is 10.5 Å². The number of nitrogens with one attached hydrogen (secondary N) is 1. The summed E-state index contributed by atoms with van der Waals surface area (Å²) >= 11 is 0. The average molecular weight is 388 g/mol. The van der Waals surface area contributed by atoms with Crippen LogP contribution in [0, 0.1) is 13.8 Å². The Labute approximate surface area is 160 Å². The third-order valence-electron chi connectivity index (χ3n) is 4.26. The maximum Gasteiger partial charge on any atom is 0.280 e. The van der Waals surface area contributed by atoms with Gasteiger partial charge in [0.25, 0.3) is 5.91 Å². The average Bonchev–Trinajstić information content (AvgIpc) is 2.62. The third-order valence-corrected chi connectivity index (χ3v) is 5.39. The fourth-order valence-electron chi connectivity index (χ4n) is 2.33. The molecule has 7 heteroatoms. The molecule has 27 heavy (non-hydrogen) atoms. The lowest BCUT2D eigenvalue weighted by atomic mass is 10.1. The van der Waals surface area contributed by atoms with Crippen LogP contribution >= 0.6 is 0 Å². The summed E-state index contributed by atoms with van der Waals surface area (Å²) < 4.78 is 28.7. The van der Waals surface area contributed by atoms with Crippen molar-refractivity contribution in [3.05, 3.63) is 59.2 Å². The zero-order valence-electron chi connectivity index (χ0n) is 16.1. The van der Waals surface area contributed by atoms with Gasteiger partial charge in [0.2, 0.25) is 0 Å². The van der Waals surface area contributed by atoms with Gasteiger partial charge >= 0.3 is 0 Å². The van der Waals surface area contributed by atoms with E-state index in [-0.39, 0.29) is 10.8 Å². The molecule has 6 nitrogen and oxygen atoms in total. The molecule has 0 bridgehead atoms. The molecule has 0 spiro atoms. The van der Waals surface area contributed by atoms with Crippen molar-refractivity contribution >= 4 is 21.5 Å². The minimum Gasteiger partial charge on any atom is -0.481 e. The number of carbonyl (C=O) groups excluding carboxylic acids is 1. The van der Waals surface area contributed by atoms with E-state index in [1.165, 1.54) is 12.1 Å². The predicted octanol–water partition coefficient (Wildman–Crippen LogP) is 3.01. The molecule has 0 aromatic heterocycles. The maximum absolute atomic E-state index is 12.2. The highest BCUT2D eigenvalue weighted by Gasteiger charge is 2.16. The lowest BCUT2D eigenvalue weighted by molar-refractivity contribution is -0.127. The zero-order chi connectivity index (χ0) is 20.2. The summed E-state index contributed by atoms with van der Waals surface area (Å²) in [4.78, 5) is 12.5. The van der Waals surface area contributed by atoms with Gasteiger partial charge in [-0.15, -0.1) is 0 Å². The highest BCUT2D eigenvalue weighted by molar-refractivity contribution is 7.90.